The molecule has 188 valence electrons. The fraction of sp³-hybridized carbons (Fsp3) is 0.304. The third-order valence-corrected chi connectivity index (χ3v) is 8.35. The Hall–Kier alpha value is -3.45. The summed E-state index contributed by atoms with van der Waals surface area (Å²) in [5.41, 5.74) is 1.64. The number of alkyl halides is 3. The Bertz CT molecular complexity index is 1390. The maximum absolute atomic E-state index is 13.3. The standard InChI is InChI=1S/C23H20F4N6O2S/c1-13(21-14-6-18(7-14)33(21)36(34,35)19-4-2-16(24)3-5-19)28-11-17-8-20(32-12-31-17)15-9-29-22(30-10-15)23(25,26)27/h2-5,8-10,12,14,18,21,28H,1,6-7,11H2/t14?,18?,21-/m1/s1. The molecule has 2 saturated heterocycles. The predicted molar refractivity (Wildman–Crippen MR) is 120 cm³/mol. The summed E-state index contributed by atoms with van der Waals surface area (Å²) in [5.74, 6) is -1.64. The van der Waals surface area contributed by atoms with Gasteiger partial charge >= 0.3 is 6.18 Å². The zero-order chi connectivity index (χ0) is 25.7. The van der Waals surface area contributed by atoms with Crippen LogP contribution >= 0.6 is 0 Å². The molecule has 1 aromatic carbocycles. The molecule has 0 unspecified atom stereocenters. The summed E-state index contributed by atoms with van der Waals surface area (Å²) in [6.45, 7) is 4.26. The van der Waals surface area contributed by atoms with Crippen molar-refractivity contribution in [1.29, 1.82) is 0 Å². The number of hydrogen-bond acceptors (Lipinski definition) is 7. The first-order chi connectivity index (χ1) is 17.0. The maximum Gasteiger partial charge on any atom is 0.451 e. The number of aromatic nitrogens is 4. The van der Waals surface area contributed by atoms with Crippen LogP contribution in [0.4, 0.5) is 17.6 Å². The summed E-state index contributed by atoms with van der Waals surface area (Å²) in [5, 5.41) is 3.14. The highest BCUT2D eigenvalue weighted by atomic mass is 32.2. The van der Waals surface area contributed by atoms with Crippen molar-refractivity contribution >= 4 is 10.0 Å². The van der Waals surface area contributed by atoms with Crippen molar-refractivity contribution in [3.63, 3.8) is 0 Å². The molecule has 3 fully saturated rings. The molecule has 8 nitrogen and oxygen atoms in total. The van der Waals surface area contributed by atoms with E-state index in [1.807, 2.05) is 0 Å². The van der Waals surface area contributed by atoms with Gasteiger partial charge in [0.25, 0.3) is 0 Å². The molecule has 36 heavy (non-hydrogen) atoms. The number of halogens is 4. The summed E-state index contributed by atoms with van der Waals surface area (Å²) in [7, 11) is -3.85. The minimum absolute atomic E-state index is 0.0217. The highest BCUT2D eigenvalue weighted by Gasteiger charge is 2.56. The van der Waals surface area contributed by atoms with Crippen molar-refractivity contribution in [2.45, 2.75) is 42.5 Å². The maximum atomic E-state index is 13.3. The highest BCUT2D eigenvalue weighted by Crippen LogP contribution is 2.50. The Morgan fingerprint density at radius 2 is 1.75 bits per heavy atom. The molecule has 6 rings (SSSR count). The van der Waals surface area contributed by atoms with E-state index in [1.165, 1.54) is 22.8 Å². The topological polar surface area (TPSA) is 101 Å². The van der Waals surface area contributed by atoms with Crippen molar-refractivity contribution in [2.24, 2.45) is 5.92 Å². The Morgan fingerprint density at radius 3 is 2.39 bits per heavy atom. The van der Waals surface area contributed by atoms with Gasteiger partial charge in [0.15, 0.2) is 0 Å². The number of hydrogen-bond donors (Lipinski definition) is 1. The molecule has 2 bridgehead atoms. The van der Waals surface area contributed by atoms with E-state index in [0.717, 1.165) is 37.4 Å². The van der Waals surface area contributed by atoms with Gasteiger partial charge in [0.05, 0.1) is 28.9 Å². The van der Waals surface area contributed by atoms with Gasteiger partial charge in [-0.05, 0) is 49.1 Å². The fourth-order valence-electron chi connectivity index (χ4n) is 4.61. The first-order valence-corrected chi connectivity index (χ1v) is 12.4. The first kappa shape index (κ1) is 24.3. The molecular formula is C23H20F4N6O2S. The molecule has 2 aliphatic heterocycles. The average Bonchev–Trinajstić information content (AvgIpc) is 3.40. The van der Waals surface area contributed by atoms with Gasteiger partial charge in [0.1, 0.15) is 12.1 Å². The Morgan fingerprint density at radius 1 is 1.08 bits per heavy atom. The fourth-order valence-corrected chi connectivity index (χ4v) is 6.50. The van der Waals surface area contributed by atoms with Crippen molar-refractivity contribution < 1.29 is 26.0 Å². The quantitative estimate of drug-likeness (QED) is 0.476. The Labute approximate surface area is 204 Å². The zero-order valence-corrected chi connectivity index (χ0v) is 19.5. The van der Waals surface area contributed by atoms with E-state index in [4.69, 9.17) is 0 Å². The lowest BCUT2D eigenvalue weighted by Crippen LogP contribution is -2.40. The molecule has 1 saturated carbocycles. The van der Waals surface area contributed by atoms with Gasteiger partial charge in [-0.2, -0.15) is 17.5 Å². The summed E-state index contributed by atoms with van der Waals surface area (Å²) in [4.78, 5) is 15.0. The van der Waals surface area contributed by atoms with Crippen LogP contribution in [0.5, 0.6) is 0 Å². The normalized spacial score (nSPS) is 21.7. The SMILES string of the molecule is C=C(NCc1cc(-c2cnc(C(F)(F)F)nc2)ncn1)[C@@H]1C2CC(C2)N1S(=O)(=O)c1ccc(F)cc1. The van der Waals surface area contributed by atoms with Crippen LogP contribution in [0.25, 0.3) is 11.3 Å². The lowest BCUT2D eigenvalue weighted by molar-refractivity contribution is -0.144. The van der Waals surface area contributed by atoms with Crippen LogP contribution in [0.1, 0.15) is 24.4 Å². The molecular weight excluding hydrogens is 500 g/mol. The van der Waals surface area contributed by atoms with Gasteiger partial charge < -0.3 is 5.32 Å². The molecule has 1 aliphatic carbocycles. The molecule has 1 atom stereocenters. The summed E-state index contributed by atoms with van der Waals surface area (Å²) >= 11 is 0. The van der Waals surface area contributed by atoms with Crippen molar-refractivity contribution in [3.8, 4) is 11.3 Å². The first-order valence-electron chi connectivity index (χ1n) is 11.0. The smallest absolute Gasteiger partial charge is 0.382 e. The number of rotatable bonds is 7. The predicted octanol–water partition coefficient (Wildman–Crippen LogP) is 3.55. The zero-order valence-electron chi connectivity index (χ0n) is 18.7. The summed E-state index contributed by atoms with van der Waals surface area (Å²) in [6.07, 6.45) is 0.147. The van der Waals surface area contributed by atoms with E-state index in [0.29, 0.717) is 22.6 Å². The summed E-state index contributed by atoms with van der Waals surface area (Å²) < 4.78 is 79.5. The lowest BCUT2D eigenvalue weighted by Gasteiger charge is -2.26. The van der Waals surface area contributed by atoms with E-state index in [1.54, 1.807) is 6.07 Å². The average molecular weight is 521 g/mol. The van der Waals surface area contributed by atoms with Gasteiger partial charge in [-0.15, -0.1) is 0 Å². The van der Waals surface area contributed by atoms with Crippen LogP contribution in [-0.2, 0) is 22.7 Å². The van der Waals surface area contributed by atoms with E-state index in [2.05, 4.69) is 31.8 Å². The molecule has 0 spiro atoms. The van der Waals surface area contributed by atoms with Crippen LogP contribution in [0, 0.1) is 11.7 Å². The summed E-state index contributed by atoms with van der Waals surface area (Å²) in [6, 6.07) is 5.71. The second-order valence-corrected chi connectivity index (χ2v) is 10.5. The molecule has 13 heteroatoms. The van der Waals surface area contributed by atoms with Crippen molar-refractivity contribution in [2.75, 3.05) is 0 Å². The molecule has 0 amide bonds. The minimum Gasteiger partial charge on any atom is -0.382 e. The third-order valence-electron chi connectivity index (χ3n) is 6.40. The van der Waals surface area contributed by atoms with Gasteiger partial charge in [0, 0.05) is 29.7 Å². The van der Waals surface area contributed by atoms with E-state index < -0.39 is 33.9 Å². The van der Waals surface area contributed by atoms with E-state index in [-0.39, 0.29) is 23.4 Å². The van der Waals surface area contributed by atoms with Gasteiger partial charge in [0.2, 0.25) is 15.8 Å². The van der Waals surface area contributed by atoms with Crippen LogP contribution in [0.15, 0.2) is 66.2 Å². The van der Waals surface area contributed by atoms with Crippen LogP contribution < -0.4 is 5.32 Å². The molecule has 0 radical (unpaired) electrons. The molecule has 1 N–H and O–H groups in total. The second-order valence-electron chi connectivity index (χ2n) is 8.69. The molecule has 3 aliphatic rings. The number of nitrogens with zero attached hydrogens (tertiary/aromatic N) is 5. The molecule has 3 aromatic rings. The van der Waals surface area contributed by atoms with Crippen molar-refractivity contribution in [3.05, 3.63) is 78.7 Å². The van der Waals surface area contributed by atoms with Gasteiger partial charge in [-0.1, -0.05) is 6.58 Å². The molecule has 4 heterocycles. The monoisotopic (exact) mass is 520 g/mol. The Kier molecular flexibility index (Phi) is 5.99. The number of sulfonamides is 1. The number of fused-ring (bicyclic) bond motifs is 1. The van der Waals surface area contributed by atoms with Crippen LogP contribution in [-0.4, -0.2) is 44.7 Å². The van der Waals surface area contributed by atoms with Crippen LogP contribution in [0.3, 0.4) is 0 Å². The van der Waals surface area contributed by atoms with Gasteiger partial charge in [-0.3, -0.25) is 0 Å². The van der Waals surface area contributed by atoms with Gasteiger partial charge in [-0.25, -0.2) is 32.7 Å². The van der Waals surface area contributed by atoms with Crippen LogP contribution in [0.2, 0.25) is 0 Å². The Balaban J connectivity index is 1.29. The largest absolute Gasteiger partial charge is 0.451 e. The van der Waals surface area contributed by atoms with E-state index in [9.17, 15) is 26.0 Å². The number of nitrogens with one attached hydrogen (secondary N) is 1. The second kappa shape index (κ2) is 8.89. The number of benzene rings is 1. The highest BCUT2D eigenvalue weighted by molar-refractivity contribution is 7.89. The van der Waals surface area contributed by atoms with E-state index >= 15 is 0 Å². The lowest BCUT2D eigenvalue weighted by atomic mass is 9.82. The molecule has 2 aromatic heterocycles. The minimum atomic E-state index is -4.64. The van der Waals surface area contributed by atoms with Crippen molar-refractivity contribution in [1.82, 2.24) is 29.6 Å². The third kappa shape index (κ3) is 4.44.